The van der Waals surface area contributed by atoms with E-state index in [1.165, 1.54) is 0 Å². The number of nitrogens with two attached hydrogens (primary N) is 1. The van der Waals surface area contributed by atoms with Gasteiger partial charge in [-0.05, 0) is 0 Å². The molecule has 0 bridgehead atoms. The highest BCUT2D eigenvalue weighted by atomic mass is 35.5. The van der Waals surface area contributed by atoms with Crippen molar-refractivity contribution in [2.24, 2.45) is 5.73 Å². The fourth-order valence-corrected chi connectivity index (χ4v) is 1.12. The summed E-state index contributed by atoms with van der Waals surface area (Å²) >= 11 is 0. The van der Waals surface area contributed by atoms with Gasteiger partial charge in [0.25, 0.3) is 0 Å². The molecule has 0 saturated carbocycles. The van der Waals surface area contributed by atoms with Crippen LogP contribution in [-0.2, 0) is 4.74 Å². The molecule has 1 aliphatic rings. The Bertz CT molecular complexity index is 155. The van der Waals surface area contributed by atoms with Gasteiger partial charge in [-0.3, -0.25) is 0 Å². The zero-order valence-corrected chi connectivity index (χ0v) is 7.59. The van der Waals surface area contributed by atoms with Gasteiger partial charge in [-0.15, -0.1) is 12.4 Å². The molecule has 6 N–H and O–H groups in total. The Balaban J connectivity index is 0.00000144. The van der Waals surface area contributed by atoms with Crippen LogP contribution in [0.5, 0.6) is 0 Å². The first-order chi connectivity index (χ1) is 5.57. The number of ether oxygens (including phenoxy) is 1. The van der Waals surface area contributed by atoms with Crippen molar-refractivity contribution in [2.75, 3.05) is 6.61 Å². The van der Waals surface area contributed by atoms with Gasteiger partial charge in [0.15, 0.2) is 6.29 Å². The minimum Gasteiger partial charge on any atom is -0.394 e. The number of halogens is 1. The van der Waals surface area contributed by atoms with Gasteiger partial charge in [0.2, 0.25) is 0 Å². The van der Waals surface area contributed by atoms with Gasteiger partial charge in [0, 0.05) is 0 Å². The second-order valence-electron chi connectivity index (χ2n) is 2.81. The van der Waals surface area contributed by atoms with Gasteiger partial charge in [0.1, 0.15) is 18.3 Å². The van der Waals surface area contributed by atoms with Crippen LogP contribution < -0.4 is 5.73 Å². The van der Waals surface area contributed by atoms with E-state index in [0.717, 1.165) is 0 Å². The van der Waals surface area contributed by atoms with E-state index in [4.69, 9.17) is 20.7 Å². The normalized spacial score (nSPS) is 45.5. The Morgan fingerprint density at radius 3 is 2.15 bits per heavy atom. The number of rotatable bonds is 1. The molecular weight excluding hydrogens is 202 g/mol. The molecule has 0 aromatic carbocycles. The van der Waals surface area contributed by atoms with Gasteiger partial charge in [0.05, 0.1) is 12.6 Å². The predicted molar refractivity (Wildman–Crippen MR) is 45.2 cm³/mol. The molecule has 3 unspecified atom stereocenters. The molecule has 1 aliphatic heterocycles. The van der Waals surface area contributed by atoms with E-state index < -0.39 is 37.3 Å². The van der Waals surface area contributed by atoms with Gasteiger partial charge >= 0.3 is 0 Å². The Morgan fingerprint density at radius 1 is 1.15 bits per heavy atom. The number of hydrogen-bond donors (Lipinski definition) is 5. The summed E-state index contributed by atoms with van der Waals surface area (Å²) in [4.78, 5) is 0. The summed E-state index contributed by atoms with van der Waals surface area (Å²) in [5, 5.41) is 36.1. The Labute approximate surface area is 81.3 Å². The van der Waals surface area contributed by atoms with Gasteiger partial charge in [-0.2, -0.15) is 0 Å². The molecule has 1 rings (SSSR count). The van der Waals surface area contributed by atoms with Crippen LogP contribution in [0.15, 0.2) is 0 Å². The number of aliphatic hydroxyl groups is 4. The van der Waals surface area contributed by atoms with Crippen molar-refractivity contribution < 1.29 is 25.2 Å². The van der Waals surface area contributed by atoms with Gasteiger partial charge in [-0.1, -0.05) is 0 Å². The van der Waals surface area contributed by atoms with Crippen molar-refractivity contribution in [3.63, 3.8) is 0 Å². The Hall–Kier alpha value is 0.0500. The second-order valence-corrected chi connectivity index (χ2v) is 2.81. The molecule has 0 spiro atoms. The zero-order chi connectivity index (χ0) is 9.30. The summed E-state index contributed by atoms with van der Waals surface area (Å²) < 4.78 is 4.70. The number of aliphatic hydroxyl groups excluding tert-OH is 4. The van der Waals surface area contributed by atoms with Crippen molar-refractivity contribution in [3.8, 4) is 0 Å². The third-order valence-electron chi connectivity index (χ3n) is 1.95. The highest BCUT2D eigenvalue weighted by molar-refractivity contribution is 5.85. The maximum absolute atomic E-state index is 9.20. The third kappa shape index (κ3) is 2.50. The first-order valence-electron chi connectivity index (χ1n) is 3.64. The van der Waals surface area contributed by atoms with Gasteiger partial charge < -0.3 is 30.9 Å². The molecule has 0 aliphatic carbocycles. The minimum absolute atomic E-state index is 0. The van der Waals surface area contributed by atoms with Crippen LogP contribution in [-0.4, -0.2) is 57.7 Å². The van der Waals surface area contributed by atoms with Crippen molar-refractivity contribution >= 4 is 12.4 Å². The summed E-state index contributed by atoms with van der Waals surface area (Å²) in [6, 6.07) is -1.04. The van der Waals surface area contributed by atoms with E-state index in [1.807, 2.05) is 0 Å². The molecule has 0 aromatic rings. The molecule has 1 saturated heterocycles. The van der Waals surface area contributed by atoms with E-state index >= 15 is 0 Å². The lowest BCUT2D eigenvalue weighted by Gasteiger charge is -2.38. The molecule has 1 heterocycles. The van der Waals surface area contributed by atoms with Crippen LogP contribution >= 0.6 is 12.4 Å². The van der Waals surface area contributed by atoms with Crippen LogP contribution in [0.3, 0.4) is 0 Å². The molecule has 0 aromatic heterocycles. The molecule has 1 fully saturated rings. The van der Waals surface area contributed by atoms with Crippen LogP contribution in [0.2, 0.25) is 0 Å². The topological polar surface area (TPSA) is 116 Å². The Morgan fingerprint density at radius 2 is 1.69 bits per heavy atom. The van der Waals surface area contributed by atoms with Crippen molar-refractivity contribution in [1.82, 2.24) is 0 Å². The van der Waals surface area contributed by atoms with Crippen LogP contribution in [0.25, 0.3) is 0 Å². The molecule has 6 nitrogen and oxygen atoms in total. The summed E-state index contributed by atoms with van der Waals surface area (Å²) in [6.45, 7) is -0.470. The molecule has 0 radical (unpaired) electrons. The van der Waals surface area contributed by atoms with E-state index in [0.29, 0.717) is 0 Å². The number of hydrogen-bond acceptors (Lipinski definition) is 6. The maximum atomic E-state index is 9.20. The van der Waals surface area contributed by atoms with Crippen molar-refractivity contribution in [2.45, 2.75) is 30.6 Å². The first-order valence-corrected chi connectivity index (χ1v) is 3.64. The summed E-state index contributed by atoms with van der Waals surface area (Å²) in [6.07, 6.45) is -4.85. The molecule has 80 valence electrons. The standard InChI is InChI=1S/C6H13NO5.ClH/c7-3-5(10)4(9)2(1-8)12-6(3)11;/h2-6,8-11H,1,7H2;1H/t2?,3?,4-,5+,6?;/m1./s1. The van der Waals surface area contributed by atoms with Crippen LogP contribution in [0, 0.1) is 0 Å². The van der Waals surface area contributed by atoms with Crippen LogP contribution in [0.4, 0.5) is 0 Å². The monoisotopic (exact) mass is 215 g/mol. The summed E-state index contributed by atoms with van der Waals surface area (Å²) in [5.74, 6) is 0. The molecule has 13 heavy (non-hydrogen) atoms. The smallest absolute Gasteiger partial charge is 0.173 e. The SMILES string of the molecule is Cl.NC1C(O)OC(CO)[C@@H](O)[C@H]1O. The quantitative estimate of drug-likeness (QED) is 0.322. The molecule has 7 heteroatoms. The zero-order valence-electron chi connectivity index (χ0n) is 6.78. The molecular formula is C6H14ClNO5. The summed E-state index contributed by atoms with van der Waals surface area (Å²) in [5.41, 5.74) is 5.26. The van der Waals surface area contributed by atoms with Crippen molar-refractivity contribution in [3.05, 3.63) is 0 Å². The van der Waals surface area contributed by atoms with E-state index in [-0.39, 0.29) is 12.4 Å². The maximum Gasteiger partial charge on any atom is 0.173 e. The van der Waals surface area contributed by atoms with E-state index in [9.17, 15) is 10.2 Å². The first kappa shape index (κ1) is 13.1. The van der Waals surface area contributed by atoms with E-state index in [1.54, 1.807) is 0 Å². The Kier molecular flexibility index (Phi) is 5.08. The molecule has 5 atom stereocenters. The highest BCUT2D eigenvalue weighted by Crippen LogP contribution is 2.17. The third-order valence-corrected chi connectivity index (χ3v) is 1.95. The lowest BCUT2D eigenvalue weighted by atomic mass is 9.98. The lowest BCUT2D eigenvalue weighted by Crippen LogP contribution is -2.61. The fraction of sp³-hybridized carbons (Fsp3) is 1.00. The molecule has 0 amide bonds. The largest absolute Gasteiger partial charge is 0.394 e. The predicted octanol–water partition coefficient (Wildman–Crippen LogP) is -2.83. The minimum atomic E-state index is -1.35. The summed E-state index contributed by atoms with van der Waals surface area (Å²) in [7, 11) is 0. The lowest BCUT2D eigenvalue weighted by molar-refractivity contribution is -0.248. The second kappa shape index (κ2) is 5.06. The fourth-order valence-electron chi connectivity index (χ4n) is 1.12. The average molecular weight is 216 g/mol. The van der Waals surface area contributed by atoms with Crippen LogP contribution in [0.1, 0.15) is 0 Å². The highest BCUT2D eigenvalue weighted by Gasteiger charge is 2.41. The van der Waals surface area contributed by atoms with Crippen molar-refractivity contribution in [1.29, 1.82) is 0 Å². The average Bonchev–Trinajstić information content (AvgIpc) is 2.08. The van der Waals surface area contributed by atoms with E-state index in [2.05, 4.69) is 0 Å². The van der Waals surface area contributed by atoms with Gasteiger partial charge in [-0.25, -0.2) is 0 Å².